The van der Waals surface area contributed by atoms with Crippen LogP contribution in [0, 0.1) is 6.92 Å². The van der Waals surface area contributed by atoms with Crippen molar-refractivity contribution in [1.82, 2.24) is 5.16 Å². The van der Waals surface area contributed by atoms with E-state index in [1.807, 2.05) is 24.3 Å². The van der Waals surface area contributed by atoms with Gasteiger partial charge in [-0.1, -0.05) is 36.7 Å². The number of carbonyl (C=O) groups excluding carboxylic acids is 1. The van der Waals surface area contributed by atoms with Crippen molar-refractivity contribution in [3.05, 3.63) is 72.0 Å². The third-order valence-corrected chi connectivity index (χ3v) is 5.76. The molecule has 0 radical (unpaired) electrons. The maximum atomic E-state index is 12.4. The quantitative estimate of drug-likeness (QED) is 0.341. The zero-order valence-electron chi connectivity index (χ0n) is 17.9. The number of rotatable bonds is 10. The van der Waals surface area contributed by atoms with Crippen molar-refractivity contribution in [2.24, 2.45) is 0 Å². The van der Waals surface area contributed by atoms with Crippen LogP contribution in [-0.4, -0.2) is 26.1 Å². The second-order valence-corrected chi connectivity index (χ2v) is 8.70. The molecule has 0 aliphatic heterocycles. The van der Waals surface area contributed by atoms with Gasteiger partial charge < -0.3 is 14.6 Å². The Bertz CT molecular complexity index is 1180. The number of para-hydroxylation sites is 1. The lowest BCUT2D eigenvalue weighted by molar-refractivity contribution is -0.111. The molecule has 0 saturated heterocycles. The van der Waals surface area contributed by atoms with E-state index in [0.717, 1.165) is 24.2 Å². The fourth-order valence-corrected chi connectivity index (χ4v) is 3.74. The summed E-state index contributed by atoms with van der Waals surface area (Å²) in [7, 11) is -3.82. The lowest BCUT2D eigenvalue weighted by Gasteiger charge is -2.08. The Morgan fingerprint density at radius 2 is 1.91 bits per heavy atom. The molecular formula is C23H25N3O5S. The highest BCUT2D eigenvalue weighted by Crippen LogP contribution is 2.21. The van der Waals surface area contributed by atoms with Crippen LogP contribution in [0.1, 0.15) is 31.1 Å². The SMILES string of the molecule is CCCCOc1ccccc1C=CC(=O)Nc1ccc(S(=O)(=O)Nc2cc(C)on2)cc1. The number of benzene rings is 2. The largest absolute Gasteiger partial charge is 0.493 e. The van der Waals surface area contributed by atoms with Crippen molar-refractivity contribution < 1.29 is 22.5 Å². The van der Waals surface area contributed by atoms with Crippen LogP contribution in [-0.2, 0) is 14.8 Å². The van der Waals surface area contributed by atoms with Gasteiger partial charge in [-0.25, -0.2) is 8.42 Å². The van der Waals surface area contributed by atoms with Crippen LogP contribution in [0.3, 0.4) is 0 Å². The number of anilines is 2. The van der Waals surface area contributed by atoms with Crippen LogP contribution in [0.15, 0.2) is 70.1 Å². The van der Waals surface area contributed by atoms with Gasteiger partial charge in [0, 0.05) is 23.4 Å². The van der Waals surface area contributed by atoms with Gasteiger partial charge in [0.05, 0.1) is 11.5 Å². The van der Waals surface area contributed by atoms with Crippen LogP contribution >= 0.6 is 0 Å². The Labute approximate surface area is 187 Å². The molecule has 0 aliphatic rings. The first-order valence-corrected chi connectivity index (χ1v) is 11.6. The van der Waals surface area contributed by atoms with Crippen LogP contribution in [0.5, 0.6) is 5.75 Å². The summed E-state index contributed by atoms with van der Waals surface area (Å²) in [5.74, 6) is 0.961. The zero-order chi connectivity index (χ0) is 23.0. The molecule has 2 aromatic carbocycles. The third-order valence-electron chi connectivity index (χ3n) is 4.39. The molecule has 32 heavy (non-hydrogen) atoms. The van der Waals surface area contributed by atoms with E-state index in [-0.39, 0.29) is 16.6 Å². The molecule has 0 atom stereocenters. The van der Waals surface area contributed by atoms with Gasteiger partial charge in [-0.05, 0) is 49.8 Å². The van der Waals surface area contributed by atoms with Crippen LogP contribution in [0.2, 0.25) is 0 Å². The van der Waals surface area contributed by atoms with E-state index in [1.54, 1.807) is 13.0 Å². The van der Waals surface area contributed by atoms with E-state index in [4.69, 9.17) is 9.26 Å². The first-order valence-electron chi connectivity index (χ1n) is 10.1. The van der Waals surface area contributed by atoms with Crippen molar-refractivity contribution >= 4 is 33.5 Å². The molecule has 1 aromatic heterocycles. The summed E-state index contributed by atoms with van der Waals surface area (Å²) in [5, 5.41) is 6.32. The molecule has 0 fully saturated rings. The fourth-order valence-electron chi connectivity index (χ4n) is 2.75. The van der Waals surface area contributed by atoms with Crippen molar-refractivity contribution in [2.45, 2.75) is 31.6 Å². The number of aromatic nitrogens is 1. The average Bonchev–Trinajstić information content (AvgIpc) is 3.17. The molecule has 0 bridgehead atoms. The van der Waals surface area contributed by atoms with Gasteiger partial charge in [0.1, 0.15) is 11.5 Å². The third kappa shape index (κ3) is 6.45. The number of hydrogen-bond acceptors (Lipinski definition) is 6. The first-order chi connectivity index (χ1) is 15.4. The molecule has 8 nitrogen and oxygen atoms in total. The Kier molecular flexibility index (Phi) is 7.67. The molecule has 1 heterocycles. The minimum atomic E-state index is -3.82. The van der Waals surface area contributed by atoms with Gasteiger partial charge in [0.2, 0.25) is 5.91 Å². The number of nitrogens with zero attached hydrogens (tertiary/aromatic N) is 1. The van der Waals surface area contributed by atoms with Gasteiger partial charge in [0.25, 0.3) is 10.0 Å². The number of unbranched alkanes of at least 4 members (excludes halogenated alkanes) is 1. The van der Waals surface area contributed by atoms with E-state index in [9.17, 15) is 13.2 Å². The summed E-state index contributed by atoms with van der Waals surface area (Å²) in [6.07, 6.45) is 5.08. The van der Waals surface area contributed by atoms with Crippen LogP contribution < -0.4 is 14.8 Å². The van der Waals surface area contributed by atoms with Gasteiger partial charge in [-0.15, -0.1) is 0 Å². The van der Waals surface area contributed by atoms with Gasteiger partial charge in [-0.2, -0.15) is 0 Å². The maximum Gasteiger partial charge on any atom is 0.263 e. The minimum Gasteiger partial charge on any atom is -0.493 e. The highest BCUT2D eigenvalue weighted by Gasteiger charge is 2.16. The summed E-state index contributed by atoms with van der Waals surface area (Å²) in [6, 6.07) is 14.8. The Morgan fingerprint density at radius 3 is 2.59 bits per heavy atom. The predicted octanol–water partition coefficient (Wildman–Crippen LogP) is 4.61. The van der Waals surface area contributed by atoms with E-state index in [0.29, 0.717) is 18.1 Å². The predicted molar refractivity (Wildman–Crippen MR) is 123 cm³/mol. The number of aryl methyl sites for hydroxylation is 1. The molecular weight excluding hydrogens is 430 g/mol. The zero-order valence-corrected chi connectivity index (χ0v) is 18.7. The van der Waals surface area contributed by atoms with Crippen molar-refractivity contribution in [1.29, 1.82) is 0 Å². The highest BCUT2D eigenvalue weighted by atomic mass is 32.2. The molecule has 0 aliphatic carbocycles. The van der Waals surface area contributed by atoms with E-state index in [2.05, 4.69) is 22.1 Å². The Hall–Kier alpha value is -3.59. The van der Waals surface area contributed by atoms with Gasteiger partial charge >= 0.3 is 0 Å². The van der Waals surface area contributed by atoms with Crippen molar-refractivity contribution in [3.63, 3.8) is 0 Å². The maximum absolute atomic E-state index is 12.4. The van der Waals surface area contributed by atoms with Crippen LogP contribution in [0.25, 0.3) is 6.08 Å². The molecule has 168 valence electrons. The van der Waals surface area contributed by atoms with Crippen molar-refractivity contribution in [2.75, 3.05) is 16.6 Å². The molecule has 0 spiro atoms. The number of amides is 1. The highest BCUT2D eigenvalue weighted by molar-refractivity contribution is 7.92. The summed E-state index contributed by atoms with van der Waals surface area (Å²) in [4.78, 5) is 12.3. The summed E-state index contributed by atoms with van der Waals surface area (Å²) in [6.45, 7) is 4.37. The summed E-state index contributed by atoms with van der Waals surface area (Å²) >= 11 is 0. The monoisotopic (exact) mass is 455 g/mol. The summed E-state index contributed by atoms with van der Waals surface area (Å²) < 4.78 is 37.8. The Balaban J connectivity index is 1.61. The summed E-state index contributed by atoms with van der Waals surface area (Å²) in [5.41, 5.74) is 1.26. The number of hydrogen-bond donors (Lipinski definition) is 2. The number of carbonyl (C=O) groups is 1. The average molecular weight is 456 g/mol. The molecule has 0 saturated carbocycles. The topological polar surface area (TPSA) is 111 Å². The number of sulfonamides is 1. The molecule has 0 unspecified atom stereocenters. The minimum absolute atomic E-state index is 0.0323. The van der Waals surface area contributed by atoms with E-state index in [1.165, 1.54) is 36.4 Å². The van der Waals surface area contributed by atoms with Crippen molar-refractivity contribution in [3.8, 4) is 5.75 Å². The van der Waals surface area contributed by atoms with E-state index < -0.39 is 10.0 Å². The number of nitrogens with one attached hydrogen (secondary N) is 2. The second kappa shape index (κ2) is 10.6. The normalized spacial score (nSPS) is 11.4. The Morgan fingerprint density at radius 1 is 1.16 bits per heavy atom. The van der Waals surface area contributed by atoms with Gasteiger partial charge in [-0.3, -0.25) is 9.52 Å². The van der Waals surface area contributed by atoms with Crippen LogP contribution in [0.4, 0.5) is 11.5 Å². The molecule has 9 heteroatoms. The van der Waals surface area contributed by atoms with E-state index >= 15 is 0 Å². The first kappa shape index (κ1) is 23.1. The molecule has 2 N–H and O–H groups in total. The smallest absolute Gasteiger partial charge is 0.263 e. The molecule has 1 amide bonds. The lowest BCUT2D eigenvalue weighted by atomic mass is 10.2. The fraction of sp³-hybridized carbons (Fsp3) is 0.217. The molecule has 3 aromatic rings. The standard InChI is InChI=1S/C23H25N3O5S/c1-3-4-15-30-21-8-6-5-7-18(21)9-14-23(27)24-19-10-12-20(13-11-19)32(28,29)26-22-16-17(2)31-25-22/h5-14,16H,3-4,15H2,1-2H3,(H,24,27)(H,25,26). The second-order valence-electron chi connectivity index (χ2n) is 7.02. The molecule has 3 rings (SSSR count). The number of ether oxygens (including phenoxy) is 1. The lowest BCUT2D eigenvalue weighted by Crippen LogP contribution is -2.13. The van der Waals surface area contributed by atoms with Gasteiger partial charge in [0.15, 0.2) is 5.82 Å².